The van der Waals surface area contributed by atoms with Crippen LogP contribution in [0.3, 0.4) is 0 Å². The quantitative estimate of drug-likeness (QED) is 0.303. The molecule has 1 amide bonds. The normalized spacial score (nSPS) is 24.1. The molecule has 1 fully saturated rings. The van der Waals surface area contributed by atoms with E-state index >= 15 is 0 Å². The molecule has 0 radical (unpaired) electrons. The molecule has 6 N–H and O–H groups in total. The van der Waals surface area contributed by atoms with Crippen LogP contribution in [0.25, 0.3) is 0 Å². The summed E-state index contributed by atoms with van der Waals surface area (Å²) in [7, 11) is 5.93. The number of allylic oxidation sites excluding steroid dienone is 4. The Hall–Kier alpha value is -2.87. The van der Waals surface area contributed by atoms with Gasteiger partial charge in [-0.15, -0.1) is 0 Å². The molecular weight excluding hydrogens is 426 g/mol. The molecule has 0 bridgehead atoms. The fraction of sp³-hybridized carbons (Fsp3) is 0.577. The number of amides is 1. The summed E-state index contributed by atoms with van der Waals surface area (Å²) in [6.45, 7) is 4.86. The third-order valence-electron chi connectivity index (χ3n) is 7.45. The van der Waals surface area contributed by atoms with Crippen LogP contribution in [-0.4, -0.2) is 66.5 Å². The molecule has 1 saturated carbocycles. The summed E-state index contributed by atoms with van der Waals surface area (Å²) in [5.74, 6) is 6.42. The Bertz CT molecular complexity index is 880. The molecule has 3 aliphatic rings. The van der Waals surface area contributed by atoms with Gasteiger partial charge >= 0.3 is 0 Å². The fourth-order valence-corrected chi connectivity index (χ4v) is 5.28. The van der Waals surface area contributed by atoms with Gasteiger partial charge in [0.15, 0.2) is 0 Å². The lowest BCUT2D eigenvalue weighted by atomic mass is 9.96. The van der Waals surface area contributed by atoms with Gasteiger partial charge < -0.3 is 31.2 Å². The average molecular weight is 470 g/mol. The smallest absolute Gasteiger partial charge is 0.248 e. The van der Waals surface area contributed by atoms with Crippen molar-refractivity contribution >= 4 is 5.91 Å². The SMILES string of the molecule is CC/C(=C\N(C)N)C1=CC=CC(CNC(=O)C2NC=CC(N)=C2N(C)C(C)C2CCCC2)N1C. The third-order valence-corrected chi connectivity index (χ3v) is 7.45. The molecule has 0 aromatic carbocycles. The van der Waals surface area contributed by atoms with Crippen LogP contribution in [0.1, 0.15) is 46.0 Å². The number of nitrogens with zero attached hydrogens (tertiary/aromatic N) is 3. The van der Waals surface area contributed by atoms with E-state index in [4.69, 9.17) is 11.6 Å². The Kier molecular flexibility index (Phi) is 8.72. The van der Waals surface area contributed by atoms with Crippen LogP contribution in [0.15, 0.2) is 59.4 Å². The van der Waals surface area contributed by atoms with Gasteiger partial charge in [0.2, 0.25) is 5.91 Å². The predicted octanol–water partition coefficient (Wildman–Crippen LogP) is 2.12. The van der Waals surface area contributed by atoms with Crippen molar-refractivity contribution in [2.75, 3.05) is 27.7 Å². The van der Waals surface area contributed by atoms with Crippen LogP contribution >= 0.6 is 0 Å². The molecule has 188 valence electrons. The second-order valence-corrected chi connectivity index (χ2v) is 9.70. The van der Waals surface area contributed by atoms with Crippen molar-refractivity contribution in [3.8, 4) is 0 Å². The van der Waals surface area contributed by atoms with Crippen molar-refractivity contribution in [1.29, 1.82) is 0 Å². The minimum atomic E-state index is -0.510. The van der Waals surface area contributed by atoms with Crippen LogP contribution in [0.4, 0.5) is 0 Å². The number of nitrogens with two attached hydrogens (primary N) is 2. The van der Waals surface area contributed by atoms with E-state index in [1.54, 1.807) is 11.2 Å². The first-order valence-electron chi connectivity index (χ1n) is 12.5. The first-order chi connectivity index (χ1) is 16.2. The van der Waals surface area contributed by atoms with Gasteiger partial charge in [-0.3, -0.25) is 4.79 Å². The molecule has 1 aliphatic carbocycles. The van der Waals surface area contributed by atoms with Crippen molar-refractivity contribution in [3.05, 3.63) is 59.4 Å². The van der Waals surface area contributed by atoms with Crippen molar-refractivity contribution < 1.29 is 4.79 Å². The number of rotatable bonds is 9. The highest BCUT2D eigenvalue weighted by Crippen LogP contribution is 2.32. The summed E-state index contributed by atoms with van der Waals surface area (Å²) in [6, 6.07) is -0.135. The first-order valence-corrected chi connectivity index (χ1v) is 12.5. The fourth-order valence-electron chi connectivity index (χ4n) is 5.28. The molecule has 3 unspecified atom stereocenters. The first kappa shape index (κ1) is 25.7. The molecule has 2 heterocycles. The zero-order valence-corrected chi connectivity index (χ0v) is 21.4. The summed E-state index contributed by atoms with van der Waals surface area (Å²) >= 11 is 0. The van der Waals surface area contributed by atoms with E-state index in [1.807, 2.05) is 32.4 Å². The number of dihydropyridines is 1. The number of hydrogen-bond acceptors (Lipinski definition) is 7. The molecule has 8 nitrogen and oxygen atoms in total. The second-order valence-electron chi connectivity index (χ2n) is 9.70. The van der Waals surface area contributed by atoms with Crippen LogP contribution in [0.5, 0.6) is 0 Å². The van der Waals surface area contributed by atoms with Gasteiger partial charge in [0, 0.05) is 45.6 Å². The number of likely N-dealkylation sites (N-methyl/N-ethyl adjacent to an activating group) is 2. The molecule has 0 spiro atoms. The molecule has 8 heteroatoms. The number of hydrazine groups is 1. The summed E-state index contributed by atoms with van der Waals surface area (Å²) in [5.41, 5.74) is 10.2. The maximum atomic E-state index is 13.4. The van der Waals surface area contributed by atoms with Crippen LogP contribution in [0.2, 0.25) is 0 Å². The van der Waals surface area contributed by atoms with Gasteiger partial charge in [-0.2, -0.15) is 0 Å². The average Bonchev–Trinajstić information content (AvgIpc) is 3.35. The Morgan fingerprint density at radius 2 is 2.06 bits per heavy atom. The summed E-state index contributed by atoms with van der Waals surface area (Å²) in [6.07, 6.45) is 17.7. The van der Waals surface area contributed by atoms with Gasteiger partial charge in [-0.05, 0) is 56.0 Å². The monoisotopic (exact) mass is 469 g/mol. The molecule has 34 heavy (non-hydrogen) atoms. The molecule has 0 aromatic heterocycles. The molecule has 3 rings (SSSR count). The van der Waals surface area contributed by atoms with Gasteiger partial charge in [-0.25, -0.2) is 5.84 Å². The van der Waals surface area contributed by atoms with Crippen molar-refractivity contribution in [2.45, 2.75) is 64.1 Å². The maximum Gasteiger partial charge on any atom is 0.248 e. The minimum Gasteiger partial charge on any atom is -0.397 e. The lowest BCUT2D eigenvalue weighted by Crippen LogP contribution is -2.53. The lowest BCUT2D eigenvalue weighted by molar-refractivity contribution is -0.122. The number of carbonyl (C=O) groups is 1. The van der Waals surface area contributed by atoms with E-state index < -0.39 is 6.04 Å². The Morgan fingerprint density at radius 1 is 1.35 bits per heavy atom. The molecule has 2 aliphatic heterocycles. The summed E-state index contributed by atoms with van der Waals surface area (Å²) < 4.78 is 0. The number of hydrogen-bond donors (Lipinski definition) is 4. The minimum absolute atomic E-state index is 0.0426. The Labute approximate surface area is 205 Å². The topological polar surface area (TPSA) is 103 Å². The zero-order chi connectivity index (χ0) is 24.8. The Balaban J connectivity index is 1.67. The van der Waals surface area contributed by atoms with Gasteiger partial charge in [0.05, 0.1) is 17.4 Å². The van der Waals surface area contributed by atoms with Crippen molar-refractivity contribution in [1.82, 2.24) is 25.4 Å². The van der Waals surface area contributed by atoms with Gasteiger partial charge in [0.1, 0.15) is 6.04 Å². The van der Waals surface area contributed by atoms with Gasteiger partial charge in [0.25, 0.3) is 0 Å². The van der Waals surface area contributed by atoms with E-state index in [2.05, 4.69) is 53.5 Å². The van der Waals surface area contributed by atoms with E-state index in [-0.39, 0.29) is 11.9 Å². The van der Waals surface area contributed by atoms with Crippen molar-refractivity contribution in [3.63, 3.8) is 0 Å². The maximum absolute atomic E-state index is 13.4. The van der Waals surface area contributed by atoms with E-state index in [1.165, 1.54) is 25.7 Å². The molecule has 0 aromatic rings. The Morgan fingerprint density at radius 3 is 2.71 bits per heavy atom. The van der Waals surface area contributed by atoms with Crippen molar-refractivity contribution in [2.24, 2.45) is 17.5 Å². The second kappa shape index (κ2) is 11.5. The predicted molar refractivity (Wildman–Crippen MR) is 139 cm³/mol. The van der Waals surface area contributed by atoms with E-state index in [0.29, 0.717) is 24.2 Å². The highest BCUT2D eigenvalue weighted by atomic mass is 16.2. The molecule has 0 saturated heterocycles. The molecule has 3 atom stereocenters. The number of carbonyl (C=O) groups excluding carboxylic acids is 1. The number of nitrogens with one attached hydrogen (secondary N) is 2. The molecular formula is C26H43N7O. The van der Waals surface area contributed by atoms with Crippen LogP contribution in [-0.2, 0) is 4.79 Å². The lowest BCUT2D eigenvalue weighted by Gasteiger charge is -2.38. The van der Waals surface area contributed by atoms with E-state index in [0.717, 1.165) is 23.4 Å². The highest BCUT2D eigenvalue weighted by Gasteiger charge is 2.34. The van der Waals surface area contributed by atoms with Gasteiger partial charge in [-0.1, -0.05) is 31.9 Å². The van der Waals surface area contributed by atoms with Crippen LogP contribution < -0.4 is 22.2 Å². The summed E-state index contributed by atoms with van der Waals surface area (Å²) in [4.78, 5) is 17.7. The largest absolute Gasteiger partial charge is 0.397 e. The zero-order valence-electron chi connectivity index (χ0n) is 21.4. The summed E-state index contributed by atoms with van der Waals surface area (Å²) in [5, 5.41) is 7.97. The van der Waals surface area contributed by atoms with Crippen LogP contribution in [0, 0.1) is 5.92 Å². The highest BCUT2D eigenvalue weighted by molar-refractivity contribution is 5.85. The third kappa shape index (κ3) is 5.78. The standard InChI is InChI=1S/C26H43N7O/c1-6-19(17-31(3)28)23-13-9-12-21(33(23)5)16-30-26(34)24-25(22(27)14-15-29-24)32(4)18(2)20-10-7-8-11-20/h9,12-15,17-18,20-21,24,29H,6-8,10-11,16,27-28H2,1-5H3,(H,30,34)/b19-17+. The van der Waals surface area contributed by atoms with E-state index in [9.17, 15) is 4.79 Å².